The van der Waals surface area contributed by atoms with Gasteiger partial charge in [0, 0.05) is 38.9 Å². The number of benzene rings is 1. The zero-order chi connectivity index (χ0) is 23.6. The minimum atomic E-state index is -0.528. The lowest BCUT2D eigenvalue weighted by Gasteiger charge is -2.34. The average Bonchev–Trinajstić information content (AvgIpc) is 2.78. The van der Waals surface area contributed by atoms with Gasteiger partial charge >= 0.3 is 6.09 Å². The van der Waals surface area contributed by atoms with E-state index >= 15 is 0 Å². The van der Waals surface area contributed by atoms with E-state index in [-0.39, 0.29) is 0 Å². The van der Waals surface area contributed by atoms with Gasteiger partial charge in [-0.1, -0.05) is 26.0 Å². The maximum atomic E-state index is 12.3. The van der Waals surface area contributed by atoms with Crippen LogP contribution in [0, 0.1) is 0 Å². The molecule has 1 aliphatic heterocycles. The van der Waals surface area contributed by atoms with Crippen molar-refractivity contribution in [1.29, 1.82) is 0 Å². The number of carbonyl (C=O) groups excluding carboxylic acids is 1. The Balaban J connectivity index is 1.88. The first kappa shape index (κ1) is 25.8. The summed E-state index contributed by atoms with van der Waals surface area (Å²) in [5.41, 5.74) is 1.46. The second-order valence-corrected chi connectivity index (χ2v) is 9.16. The lowest BCUT2D eigenvalue weighted by atomic mass is 9.93. The first-order valence-corrected chi connectivity index (χ1v) is 11.6. The maximum Gasteiger partial charge on any atom is 0.408 e. The van der Waals surface area contributed by atoms with E-state index in [1.54, 1.807) is 7.05 Å². The third-order valence-electron chi connectivity index (χ3n) is 5.71. The average molecular weight is 448 g/mol. The molecule has 1 heterocycles. The summed E-state index contributed by atoms with van der Waals surface area (Å²) in [4.78, 5) is 19.0. The minimum absolute atomic E-state index is 0.397. The molecule has 0 radical (unpaired) electrons. The molecule has 32 heavy (non-hydrogen) atoms. The summed E-state index contributed by atoms with van der Waals surface area (Å²) in [7, 11) is 1.75. The Morgan fingerprint density at radius 2 is 1.72 bits per heavy atom. The number of ether oxygens (including phenoxy) is 2. The Kier molecular flexibility index (Phi) is 9.62. The molecule has 0 saturated carbocycles. The third-order valence-corrected chi connectivity index (χ3v) is 5.71. The molecule has 0 unspecified atom stereocenters. The molecule has 1 aromatic rings. The van der Waals surface area contributed by atoms with E-state index in [2.05, 4.69) is 64.0 Å². The number of morpholine rings is 1. The molecule has 1 saturated heterocycles. The number of carbonyl (C=O) groups is 1. The highest BCUT2D eigenvalue weighted by Crippen LogP contribution is 2.17. The summed E-state index contributed by atoms with van der Waals surface area (Å²) in [6, 6.07) is 8.58. The number of anilines is 1. The fraction of sp³-hybridized carbons (Fsp3) is 0.667. The van der Waals surface area contributed by atoms with E-state index in [0.717, 1.165) is 39.1 Å². The van der Waals surface area contributed by atoms with Gasteiger partial charge < -0.3 is 30.3 Å². The van der Waals surface area contributed by atoms with Crippen LogP contribution in [-0.4, -0.2) is 63.1 Å². The Bertz CT molecular complexity index is 733. The molecular formula is C24H41N5O3. The topological polar surface area (TPSA) is 87.2 Å². The number of hydrogen-bond acceptors (Lipinski definition) is 5. The molecule has 0 spiro atoms. The highest BCUT2D eigenvalue weighted by molar-refractivity contribution is 5.80. The van der Waals surface area contributed by atoms with Gasteiger partial charge in [0.05, 0.1) is 18.8 Å². The van der Waals surface area contributed by atoms with Gasteiger partial charge in [-0.25, -0.2) is 4.79 Å². The van der Waals surface area contributed by atoms with Crippen LogP contribution >= 0.6 is 0 Å². The van der Waals surface area contributed by atoms with E-state index < -0.39 is 17.2 Å². The molecule has 2 rings (SSSR count). The van der Waals surface area contributed by atoms with Gasteiger partial charge in [-0.3, -0.25) is 4.99 Å². The molecule has 0 aromatic heterocycles. The van der Waals surface area contributed by atoms with Crippen molar-refractivity contribution in [3.8, 4) is 0 Å². The molecule has 1 amide bonds. The van der Waals surface area contributed by atoms with Crippen LogP contribution in [0.15, 0.2) is 29.3 Å². The zero-order valence-corrected chi connectivity index (χ0v) is 20.6. The molecule has 8 heteroatoms. The Hall–Kier alpha value is -2.48. The van der Waals surface area contributed by atoms with Crippen LogP contribution in [0.4, 0.5) is 10.5 Å². The van der Waals surface area contributed by atoms with Gasteiger partial charge in [-0.15, -0.1) is 0 Å². The summed E-state index contributed by atoms with van der Waals surface area (Å²) in [6.07, 6.45) is 1.15. The summed E-state index contributed by atoms with van der Waals surface area (Å²) in [6.45, 7) is 14.4. The van der Waals surface area contributed by atoms with E-state index in [0.29, 0.717) is 19.0 Å². The molecule has 0 aliphatic carbocycles. The predicted molar refractivity (Wildman–Crippen MR) is 130 cm³/mol. The number of aliphatic imine (C=N–C) groups is 1. The number of alkyl carbamates (subject to hydrolysis) is 1. The monoisotopic (exact) mass is 447 g/mol. The molecule has 0 atom stereocenters. The standard InChI is InChI=1S/C24H41N5O3/c1-7-24(8-2,28-22(30)32-23(3,4)5)18-27-21(25-6)26-17-19-9-11-20(12-10-19)29-13-15-31-16-14-29/h9-12H,7-8,13-18H2,1-6H3,(H,28,30)(H2,25,26,27). The van der Waals surface area contributed by atoms with Crippen molar-refractivity contribution in [3.05, 3.63) is 29.8 Å². The maximum absolute atomic E-state index is 12.3. The van der Waals surface area contributed by atoms with E-state index in [1.165, 1.54) is 11.3 Å². The molecule has 1 aliphatic rings. The van der Waals surface area contributed by atoms with E-state index in [9.17, 15) is 4.79 Å². The summed E-state index contributed by atoms with van der Waals surface area (Å²) < 4.78 is 10.9. The number of hydrogen-bond donors (Lipinski definition) is 3. The lowest BCUT2D eigenvalue weighted by molar-refractivity contribution is 0.0448. The molecule has 1 aromatic carbocycles. The van der Waals surface area contributed by atoms with Crippen LogP contribution in [-0.2, 0) is 16.0 Å². The predicted octanol–water partition coefficient (Wildman–Crippen LogP) is 3.27. The van der Waals surface area contributed by atoms with Crippen LogP contribution in [0.1, 0.15) is 53.0 Å². The van der Waals surface area contributed by atoms with Crippen molar-refractivity contribution in [2.24, 2.45) is 4.99 Å². The highest BCUT2D eigenvalue weighted by atomic mass is 16.6. The summed E-state index contributed by atoms with van der Waals surface area (Å²) in [5, 5.41) is 9.78. The van der Waals surface area contributed by atoms with Crippen molar-refractivity contribution in [2.75, 3.05) is 44.8 Å². The van der Waals surface area contributed by atoms with E-state index in [1.807, 2.05) is 20.8 Å². The van der Waals surface area contributed by atoms with Gasteiger partial charge in [-0.2, -0.15) is 0 Å². The van der Waals surface area contributed by atoms with Crippen LogP contribution in [0.3, 0.4) is 0 Å². The van der Waals surface area contributed by atoms with Crippen LogP contribution in [0.5, 0.6) is 0 Å². The van der Waals surface area contributed by atoms with Gasteiger partial charge in [-0.05, 0) is 51.3 Å². The Labute approximate surface area is 193 Å². The lowest BCUT2D eigenvalue weighted by Crippen LogP contribution is -2.57. The summed E-state index contributed by atoms with van der Waals surface area (Å²) >= 11 is 0. The fourth-order valence-corrected chi connectivity index (χ4v) is 3.55. The zero-order valence-electron chi connectivity index (χ0n) is 20.6. The van der Waals surface area contributed by atoms with Crippen molar-refractivity contribution in [1.82, 2.24) is 16.0 Å². The molecule has 0 bridgehead atoms. The van der Waals surface area contributed by atoms with Gasteiger partial charge in [0.2, 0.25) is 0 Å². The normalized spacial score (nSPS) is 15.3. The SMILES string of the molecule is CCC(CC)(CNC(=NC)NCc1ccc(N2CCOCC2)cc1)NC(=O)OC(C)(C)C. The van der Waals surface area contributed by atoms with Crippen molar-refractivity contribution >= 4 is 17.7 Å². The molecule has 180 valence electrons. The van der Waals surface area contributed by atoms with Crippen molar-refractivity contribution in [3.63, 3.8) is 0 Å². The third kappa shape index (κ3) is 8.22. The first-order chi connectivity index (χ1) is 15.2. The van der Waals surface area contributed by atoms with Crippen LogP contribution in [0.25, 0.3) is 0 Å². The van der Waals surface area contributed by atoms with Crippen molar-refractivity contribution in [2.45, 2.75) is 65.1 Å². The number of amides is 1. The molecule has 3 N–H and O–H groups in total. The van der Waals surface area contributed by atoms with Gasteiger partial charge in [0.15, 0.2) is 5.96 Å². The Morgan fingerprint density at radius 1 is 1.09 bits per heavy atom. The second-order valence-electron chi connectivity index (χ2n) is 9.16. The van der Waals surface area contributed by atoms with E-state index in [4.69, 9.17) is 9.47 Å². The van der Waals surface area contributed by atoms with Crippen LogP contribution < -0.4 is 20.9 Å². The number of nitrogens with zero attached hydrogens (tertiary/aromatic N) is 2. The molecule has 8 nitrogen and oxygen atoms in total. The molecule has 1 fully saturated rings. The first-order valence-electron chi connectivity index (χ1n) is 11.6. The second kappa shape index (κ2) is 11.9. The molecular weight excluding hydrogens is 406 g/mol. The number of rotatable bonds is 8. The van der Waals surface area contributed by atoms with Gasteiger partial charge in [0.25, 0.3) is 0 Å². The number of guanidine groups is 1. The van der Waals surface area contributed by atoms with Crippen LogP contribution in [0.2, 0.25) is 0 Å². The quantitative estimate of drug-likeness (QED) is 0.419. The van der Waals surface area contributed by atoms with Gasteiger partial charge in [0.1, 0.15) is 5.60 Å². The summed E-state index contributed by atoms with van der Waals surface area (Å²) in [5.74, 6) is 0.694. The largest absolute Gasteiger partial charge is 0.444 e. The minimum Gasteiger partial charge on any atom is -0.444 e. The number of nitrogens with one attached hydrogen (secondary N) is 3. The Morgan fingerprint density at radius 3 is 2.25 bits per heavy atom. The fourth-order valence-electron chi connectivity index (χ4n) is 3.55. The highest BCUT2D eigenvalue weighted by Gasteiger charge is 2.30. The smallest absolute Gasteiger partial charge is 0.408 e. The van der Waals surface area contributed by atoms with Crippen molar-refractivity contribution < 1.29 is 14.3 Å².